The maximum Gasteiger partial charge on any atom is 0.250 e. The first kappa shape index (κ1) is 13.4. The average Bonchev–Trinajstić information content (AvgIpc) is 2.30. The number of benzene rings is 1. The van der Waals surface area contributed by atoms with Crippen molar-refractivity contribution in [3.8, 4) is 0 Å². The molecule has 1 aromatic carbocycles. The molecule has 1 aromatic rings. The molecule has 1 heterocycles. The van der Waals surface area contributed by atoms with Crippen LogP contribution in [0.5, 0.6) is 0 Å². The maximum absolute atomic E-state index is 13.7. The fourth-order valence-corrected chi connectivity index (χ4v) is 1.98. The molecule has 2 rings (SSSR count). The highest BCUT2D eigenvalue weighted by molar-refractivity contribution is 6.08. The van der Waals surface area contributed by atoms with Gasteiger partial charge in [0.1, 0.15) is 23.6 Å². The molecule has 4 nitrogen and oxygen atoms in total. The van der Waals surface area contributed by atoms with Crippen molar-refractivity contribution in [3.63, 3.8) is 0 Å². The number of halogens is 3. The summed E-state index contributed by atoms with van der Waals surface area (Å²) in [6, 6.07) is -1.03. The van der Waals surface area contributed by atoms with E-state index in [2.05, 4.69) is 5.32 Å². The molecule has 1 saturated heterocycles. The van der Waals surface area contributed by atoms with Crippen LogP contribution in [0.25, 0.3) is 0 Å². The Hall–Kier alpha value is -2.05. The van der Waals surface area contributed by atoms with Crippen LogP contribution in [0, 0.1) is 17.5 Å². The van der Waals surface area contributed by atoms with Crippen LogP contribution in [-0.4, -0.2) is 23.9 Å². The summed E-state index contributed by atoms with van der Waals surface area (Å²) in [5, 5.41) is 2.38. The number of nitrogens with one attached hydrogen (secondary N) is 1. The lowest BCUT2D eigenvalue weighted by atomic mass is 10.1. The molecule has 0 bridgehead atoms. The zero-order chi connectivity index (χ0) is 14.3. The highest BCUT2D eigenvalue weighted by Crippen LogP contribution is 2.28. The summed E-state index contributed by atoms with van der Waals surface area (Å²) in [7, 11) is 0. The molecular formula is C12H11F3N2O2. The Kier molecular flexibility index (Phi) is 3.21. The lowest BCUT2D eigenvalue weighted by Gasteiger charge is -2.36. The van der Waals surface area contributed by atoms with Crippen LogP contribution in [0.15, 0.2) is 12.1 Å². The third kappa shape index (κ3) is 2.16. The van der Waals surface area contributed by atoms with Crippen LogP contribution in [0.2, 0.25) is 0 Å². The van der Waals surface area contributed by atoms with Crippen molar-refractivity contribution in [1.29, 1.82) is 0 Å². The van der Waals surface area contributed by atoms with Crippen LogP contribution in [0.4, 0.5) is 18.9 Å². The summed E-state index contributed by atoms with van der Waals surface area (Å²) in [5.41, 5.74) is -0.708. The minimum absolute atomic E-state index is 0.468. The lowest BCUT2D eigenvalue weighted by Crippen LogP contribution is -2.62. The Morgan fingerprint density at radius 3 is 2.16 bits per heavy atom. The van der Waals surface area contributed by atoms with Crippen LogP contribution in [0.3, 0.4) is 0 Å². The molecule has 7 heteroatoms. The normalized spacial score (nSPS) is 23.5. The first-order valence-corrected chi connectivity index (χ1v) is 5.61. The third-order valence-corrected chi connectivity index (χ3v) is 2.96. The molecule has 2 unspecified atom stereocenters. The second kappa shape index (κ2) is 4.56. The van der Waals surface area contributed by atoms with Crippen molar-refractivity contribution in [2.75, 3.05) is 4.90 Å². The van der Waals surface area contributed by atoms with Crippen molar-refractivity contribution in [2.24, 2.45) is 0 Å². The van der Waals surface area contributed by atoms with Gasteiger partial charge < -0.3 is 5.32 Å². The number of hydrogen-bond acceptors (Lipinski definition) is 2. The van der Waals surface area contributed by atoms with Gasteiger partial charge in [0, 0.05) is 12.1 Å². The monoisotopic (exact) mass is 272 g/mol. The first-order valence-electron chi connectivity index (χ1n) is 5.61. The van der Waals surface area contributed by atoms with Crippen LogP contribution >= 0.6 is 0 Å². The quantitative estimate of drug-likeness (QED) is 0.838. The van der Waals surface area contributed by atoms with E-state index >= 15 is 0 Å². The van der Waals surface area contributed by atoms with E-state index in [9.17, 15) is 22.8 Å². The van der Waals surface area contributed by atoms with Gasteiger partial charge in [0.05, 0.1) is 0 Å². The van der Waals surface area contributed by atoms with Crippen molar-refractivity contribution >= 4 is 17.5 Å². The number of piperazine rings is 1. The topological polar surface area (TPSA) is 49.4 Å². The number of hydrogen-bond donors (Lipinski definition) is 1. The molecule has 102 valence electrons. The molecule has 0 radical (unpaired) electrons. The molecule has 0 saturated carbocycles. The van der Waals surface area contributed by atoms with Gasteiger partial charge in [-0.3, -0.25) is 14.5 Å². The van der Waals surface area contributed by atoms with Gasteiger partial charge in [0.15, 0.2) is 11.6 Å². The van der Waals surface area contributed by atoms with Crippen LogP contribution < -0.4 is 10.2 Å². The first-order chi connectivity index (χ1) is 8.82. The summed E-state index contributed by atoms with van der Waals surface area (Å²) < 4.78 is 40.2. The number of nitrogens with zero attached hydrogens (tertiary/aromatic N) is 1. The van der Waals surface area contributed by atoms with Gasteiger partial charge in [-0.2, -0.15) is 0 Å². The van der Waals surface area contributed by atoms with Gasteiger partial charge in [-0.25, -0.2) is 13.2 Å². The minimum atomic E-state index is -1.22. The summed E-state index contributed by atoms with van der Waals surface area (Å²) in [6.45, 7) is 2.74. The van der Waals surface area contributed by atoms with Crippen molar-refractivity contribution < 1.29 is 22.8 Å². The molecule has 1 fully saturated rings. The Labute approximate surface area is 107 Å². The van der Waals surface area contributed by atoms with Crippen molar-refractivity contribution in [2.45, 2.75) is 25.9 Å². The highest BCUT2D eigenvalue weighted by atomic mass is 19.1. The third-order valence-electron chi connectivity index (χ3n) is 2.96. The van der Waals surface area contributed by atoms with Crippen molar-refractivity contribution in [1.82, 2.24) is 5.32 Å². The second-order valence-corrected chi connectivity index (χ2v) is 4.33. The van der Waals surface area contributed by atoms with Gasteiger partial charge in [0.2, 0.25) is 11.8 Å². The summed E-state index contributed by atoms with van der Waals surface area (Å²) in [6.07, 6.45) is 0. The van der Waals surface area contributed by atoms with E-state index in [0.717, 1.165) is 0 Å². The Balaban J connectivity index is 2.56. The Morgan fingerprint density at radius 2 is 1.63 bits per heavy atom. The predicted molar refractivity (Wildman–Crippen MR) is 60.9 cm³/mol. The number of anilines is 1. The van der Waals surface area contributed by atoms with E-state index in [1.807, 2.05) is 0 Å². The SMILES string of the molecule is CC1NC(=O)C(C)N(c2c(F)cc(F)cc2F)C1=O. The summed E-state index contributed by atoms with van der Waals surface area (Å²) >= 11 is 0. The molecule has 2 amide bonds. The predicted octanol–water partition coefficient (Wildman–Crippen LogP) is 1.34. The fraction of sp³-hybridized carbons (Fsp3) is 0.333. The second-order valence-electron chi connectivity index (χ2n) is 4.33. The largest absolute Gasteiger partial charge is 0.343 e. The number of rotatable bonds is 1. The van der Waals surface area contributed by atoms with E-state index in [1.165, 1.54) is 13.8 Å². The minimum Gasteiger partial charge on any atom is -0.343 e. The van der Waals surface area contributed by atoms with Gasteiger partial charge in [-0.15, -0.1) is 0 Å². The lowest BCUT2D eigenvalue weighted by molar-refractivity contribution is -0.133. The zero-order valence-electron chi connectivity index (χ0n) is 10.2. The maximum atomic E-state index is 13.7. The van der Waals surface area contributed by atoms with E-state index in [1.54, 1.807) is 0 Å². The summed E-state index contributed by atoms with van der Waals surface area (Å²) in [5.74, 6) is -4.72. The molecule has 0 aliphatic carbocycles. The number of amides is 2. The van der Waals surface area contributed by atoms with E-state index in [4.69, 9.17) is 0 Å². The van der Waals surface area contributed by atoms with Gasteiger partial charge in [-0.05, 0) is 13.8 Å². The molecule has 0 spiro atoms. The van der Waals surface area contributed by atoms with Gasteiger partial charge in [-0.1, -0.05) is 0 Å². The Morgan fingerprint density at radius 1 is 1.11 bits per heavy atom. The highest BCUT2D eigenvalue weighted by Gasteiger charge is 2.39. The van der Waals surface area contributed by atoms with Crippen molar-refractivity contribution in [3.05, 3.63) is 29.6 Å². The molecule has 1 aliphatic rings. The molecule has 0 aromatic heterocycles. The van der Waals surface area contributed by atoms with Crippen LogP contribution in [-0.2, 0) is 9.59 Å². The van der Waals surface area contributed by atoms with E-state index < -0.39 is 47.0 Å². The Bertz CT molecular complexity index is 539. The molecule has 2 atom stereocenters. The van der Waals surface area contributed by atoms with E-state index in [0.29, 0.717) is 17.0 Å². The number of carbonyl (C=O) groups excluding carboxylic acids is 2. The smallest absolute Gasteiger partial charge is 0.250 e. The average molecular weight is 272 g/mol. The molecule has 1 aliphatic heterocycles. The molecular weight excluding hydrogens is 261 g/mol. The van der Waals surface area contributed by atoms with E-state index in [-0.39, 0.29) is 0 Å². The molecule has 1 N–H and O–H groups in total. The standard InChI is InChI=1S/C12H11F3N2O2/c1-5-12(19)17(6(2)11(18)16-5)10-8(14)3-7(13)4-9(10)15/h3-6H,1-2H3,(H,16,18). The zero-order valence-corrected chi connectivity index (χ0v) is 10.2. The fourth-order valence-electron chi connectivity index (χ4n) is 1.98. The van der Waals surface area contributed by atoms with Crippen LogP contribution in [0.1, 0.15) is 13.8 Å². The van der Waals surface area contributed by atoms with Gasteiger partial charge >= 0.3 is 0 Å². The summed E-state index contributed by atoms with van der Waals surface area (Å²) in [4.78, 5) is 24.3. The van der Waals surface area contributed by atoms with Gasteiger partial charge in [0.25, 0.3) is 0 Å². The number of carbonyl (C=O) groups is 2. The molecule has 19 heavy (non-hydrogen) atoms.